The van der Waals surface area contributed by atoms with Gasteiger partial charge in [0.1, 0.15) is 17.2 Å². The number of anilines is 1. The molecular formula is C15H14N2O4. The van der Waals surface area contributed by atoms with Crippen LogP contribution in [0.4, 0.5) is 5.69 Å². The Bertz CT molecular complexity index is 609. The van der Waals surface area contributed by atoms with Gasteiger partial charge in [0.15, 0.2) is 12.9 Å². The molecule has 1 amide bonds. The fourth-order valence-electron chi connectivity index (χ4n) is 1.57. The lowest BCUT2D eigenvalue weighted by atomic mass is 10.3. The highest BCUT2D eigenvalue weighted by atomic mass is 16.5. The van der Waals surface area contributed by atoms with Crippen molar-refractivity contribution in [1.82, 2.24) is 4.98 Å². The number of aldehydes is 1. The van der Waals surface area contributed by atoms with Crippen molar-refractivity contribution in [3.8, 4) is 11.5 Å². The highest BCUT2D eigenvalue weighted by Gasteiger charge is 2.04. The summed E-state index contributed by atoms with van der Waals surface area (Å²) in [4.78, 5) is 26.0. The largest absolute Gasteiger partial charge is 0.497 e. The third kappa shape index (κ3) is 4.31. The molecule has 1 aromatic heterocycles. The third-order valence-corrected chi connectivity index (χ3v) is 2.62. The van der Waals surface area contributed by atoms with E-state index in [0.29, 0.717) is 29.2 Å². The van der Waals surface area contributed by atoms with Crippen LogP contribution in [0.3, 0.4) is 0 Å². The highest BCUT2D eigenvalue weighted by molar-refractivity contribution is 5.91. The number of nitrogens with zero attached hydrogens (tertiary/aromatic N) is 1. The quantitative estimate of drug-likeness (QED) is 0.821. The van der Waals surface area contributed by atoms with Gasteiger partial charge >= 0.3 is 0 Å². The Balaban J connectivity index is 1.84. The number of carbonyl (C=O) groups is 2. The van der Waals surface area contributed by atoms with Crippen LogP contribution in [0.15, 0.2) is 42.6 Å². The number of pyridine rings is 1. The molecule has 0 atom stereocenters. The summed E-state index contributed by atoms with van der Waals surface area (Å²) in [5.41, 5.74) is 0.962. The summed E-state index contributed by atoms with van der Waals surface area (Å²) in [5, 5.41) is 2.69. The van der Waals surface area contributed by atoms with E-state index in [2.05, 4.69) is 10.3 Å². The standard InChI is InChI=1S/C15H14N2O4/c1-20-13-5-2-11(3-6-13)17-15(19)10-21-14-7-4-12(9-18)16-8-14/h2-9H,10H2,1H3,(H,17,19). The van der Waals surface area contributed by atoms with Gasteiger partial charge in [-0.2, -0.15) is 0 Å². The van der Waals surface area contributed by atoms with Crippen LogP contribution in [0, 0.1) is 0 Å². The van der Waals surface area contributed by atoms with Crippen molar-refractivity contribution in [2.75, 3.05) is 19.0 Å². The first-order valence-electron chi connectivity index (χ1n) is 6.19. The van der Waals surface area contributed by atoms with Crippen LogP contribution >= 0.6 is 0 Å². The van der Waals surface area contributed by atoms with E-state index in [-0.39, 0.29) is 12.5 Å². The van der Waals surface area contributed by atoms with Gasteiger partial charge in [0.2, 0.25) is 0 Å². The van der Waals surface area contributed by atoms with Crippen molar-refractivity contribution in [2.45, 2.75) is 0 Å². The summed E-state index contributed by atoms with van der Waals surface area (Å²) >= 11 is 0. The molecule has 0 saturated heterocycles. The average molecular weight is 286 g/mol. The lowest BCUT2D eigenvalue weighted by molar-refractivity contribution is -0.118. The van der Waals surface area contributed by atoms with Crippen molar-refractivity contribution < 1.29 is 19.1 Å². The molecule has 1 aromatic carbocycles. The number of nitrogens with one attached hydrogen (secondary N) is 1. The smallest absolute Gasteiger partial charge is 0.262 e. The minimum Gasteiger partial charge on any atom is -0.497 e. The van der Waals surface area contributed by atoms with Crippen LogP contribution in [0.5, 0.6) is 11.5 Å². The minimum atomic E-state index is -0.292. The van der Waals surface area contributed by atoms with Gasteiger partial charge in [-0.3, -0.25) is 9.59 Å². The van der Waals surface area contributed by atoms with Crippen LogP contribution in [-0.4, -0.2) is 30.9 Å². The van der Waals surface area contributed by atoms with Crippen molar-refractivity contribution in [2.24, 2.45) is 0 Å². The van der Waals surface area contributed by atoms with E-state index in [1.54, 1.807) is 37.4 Å². The van der Waals surface area contributed by atoms with Gasteiger partial charge in [-0.05, 0) is 36.4 Å². The Morgan fingerprint density at radius 3 is 2.48 bits per heavy atom. The molecule has 0 unspecified atom stereocenters. The molecule has 1 heterocycles. The van der Waals surface area contributed by atoms with Gasteiger partial charge < -0.3 is 14.8 Å². The molecule has 0 aliphatic carbocycles. The number of hydrogen-bond acceptors (Lipinski definition) is 5. The van der Waals surface area contributed by atoms with Crippen LogP contribution in [0.1, 0.15) is 10.5 Å². The molecule has 0 aliphatic rings. The van der Waals surface area contributed by atoms with Gasteiger partial charge in [-0.25, -0.2) is 4.98 Å². The molecule has 0 radical (unpaired) electrons. The highest BCUT2D eigenvalue weighted by Crippen LogP contribution is 2.15. The van der Waals surface area contributed by atoms with E-state index in [1.807, 2.05) is 0 Å². The van der Waals surface area contributed by atoms with Gasteiger partial charge in [0.05, 0.1) is 13.3 Å². The van der Waals surface area contributed by atoms with E-state index in [4.69, 9.17) is 9.47 Å². The van der Waals surface area contributed by atoms with Crippen molar-refractivity contribution >= 4 is 17.9 Å². The Kier molecular flexibility index (Phi) is 4.87. The first kappa shape index (κ1) is 14.5. The first-order chi connectivity index (χ1) is 10.2. The molecule has 108 valence electrons. The predicted molar refractivity (Wildman–Crippen MR) is 76.7 cm³/mol. The molecule has 6 nitrogen and oxygen atoms in total. The number of aromatic nitrogens is 1. The second-order valence-electron chi connectivity index (χ2n) is 4.10. The zero-order valence-electron chi connectivity index (χ0n) is 11.4. The summed E-state index contributed by atoms with van der Waals surface area (Å²) in [7, 11) is 1.57. The second kappa shape index (κ2) is 7.04. The SMILES string of the molecule is COc1ccc(NC(=O)COc2ccc(C=O)nc2)cc1. The number of amides is 1. The molecule has 2 rings (SSSR count). The zero-order valence-corrected chi connectivity index (χ0v) is 11.4. The lowest BCUT2D eigenvalue weighted by Gasteiger charge is -2.08. The monoisotopic (exact) mass is 286 g/mol. The van der Waals surface area contributed by atoms with E-state index in [1.165, 1.54) is 12.3 Å². The van der Waals surface area contributed by atoms with E-state index >= 15 is 0 Å². The Labute approximate surface area is 121 Å². The number of hydrogen-bond donors (Lipinski definition) is 1. The van der Waals surface area contributed by atoms with E-state index in [9.17, 15) is 9.59 Å². The molecular weight excluding hydrogens is 272 g/mol. The van der Waals surface area contributed by atoms with Crippen molar-refractivity contribution in [3.05, 3.63) is 48.3 Å². The van der Waals surface area contributed by atoms with Crippen LogP contribution in [-0.2, 0) is 4.79 Å². The number of rotatable bonds is 6. The summed E-state index contributed by atoms with van der Waals surface area (Å²) in [6.45, 7) is -0.145. The Morgan fingerprint density at radius 2 is 1.90 bits per heavy atom. The average Bonchev–Trinajstić information content (AvgIpc) is 2.54. The maximum Gasteiger partial charge on any atom is 0.262 e. The molecule has 0 bridgehead atoms. The van der Waals surface area contributed by atoms with Gasteiger partial charge in [-0.15, -0.1) is 0 Å². The summed E-state index contributed by atoms with van der Waals surface area (Å²) in [6, 6.07) is 10.1. The number of carbonyl (C=O) groups excluding carboxylic acids is 2. The summed E-state index contributed by atoms with van der Waals surface area (Å²) in [5.74, 6) is 0.843. The fourth-order valence-corrected chi connectivity index (χ4v) is 1.57. The fraction of sp³-hybridized carbons (Fsp3) is 0.133. The van der Waals surface area contributed by atoms with Gasteiger partial charge in [0.25, 0.3) is 5.91 Å². The van der Waals surface area contributed by atoms with Crippen molar-refractivity contribution in [1.29, 1.82) is 0 Å². The Hall–Kier alpha value is -2.89. The maximum atomic E-state index is 11.7. The number of methoxy groups -OCH3 is 1. The maximum absolute atomic E-state index is 11.7. The summed E-state index contributed by atoms with van der Waals surface area (Å²) < 4.78 is 10.3. The zero-order chi connectivity index (χ0) is 15.1. The molecule has 0 fully saturated rings. The van der Waals surface area contributed by atoms with Crippen LogP contribution in [0.25, 0.3) is 0 Å². The molecule has 1 N–H and O–H groups in total. The summed E-state index contributed by atoms with van der Waals surface area (Å²) in [6.07, 6.45) is 2.03. The van der Waals surface area contributed by atoms with Gasteiger partial charge in [0, 0.05) is 5.69 Å². The lowest BCUT2D eigenvalue weighted by Crippen LogP contribution is -2.20. The molecule has 2 aromatic rings. The molecule has 0 saturated carbocycles. The molecule has 6 heteroatoms. The van der Waals surface area contributed by atoms with E-state index in [0.717, 1.165) is 0 Å². The molecule has 0 aliphatic heterocycles. The predicted octanol–water partition coefficient (Wildman–Crippen LogP) is 1.92. The van der Waals surface area contributed by atoms with E-state index < -0.39 is 0 Å². The first-order valence-corrected chi connectivity index (χ1v) is 6.19. The van der Waals surface area contributed by atoms with Gasteiger partial charge in [-0.1, -0.05) is 0 Å². The van der Waals surface area contributed by atoms with Crippen LogP contribution in [0.2, 0.25) is 0 Å². The number of ether oxygens (including phenoxy) is 2. The number of benzene rings is 1. The second-order valence-corrected chi connectivity index (χ2v) is 4.10. The molecule has 21 heavy (non-hydrogen) atoms. The topological polar surface area (TPSA) is 77.5 Å². The normalized spacial score (nSPS) is 9.76. The molecule has 0 spiro atoms. The Morgan fingerprint density at radius 1 is 1.19 bits per heavy atom. The van der Waals surface area contributed by atoms with Crippen molar-refractivity contribution in [3.63, 3.8) is 0 Å². The van der Waals surface area contributed by atoms with Crippen LogP contribution < -0.4 is 14.8 Å². The third-order valence-electron chi connectivity index (χ3n) is 2.62. The minimum absolute atomic E-state index is 0.145.